The van der Waals surface area contributed by atoms with E-state index in [9.17, 15) is 19.2 Å². The summed E-state index contributed by atoms with van der Waals surface area (Å²) in [6.07, 6.45) is -0.766. The first-order valence-corrected chi connectivity index (χ1v) is 5.97. The maximum atomic E-state index is 11.7. The van der Waals surface area contributed by atoms with Crippen LogP contribution < -0.4 is 10.6 Å². The number of ether oxygens (including phenoxy) is 1. The Bertz CT molecular complexity index is 424. The van der Waals surface area contributed by atoms with Crippen molar-refractivity contribution in [1.29, 1.82) is 0 Å². The van der Waals surface area contributed by atoms with Crippen molar-refractivity contribution in [2.75, 3.05) is 20.7 Å². The summed E-state index contributed by atoms with van der Waals surface area (Å²) in [7, 11) is 2.56. The van der Waals surface area contributed by atoms with Crippen LogP contribution in [0.15, 0.2) is 0 Å². The first-order valence-electron chi connectivity index (χ1n) is 5.97. The Kier molecular flexibility index (Phi) is 5.44. The molecule has 0 bridgehead atoms. The molecule has 1 aliphatic heterocycles. The number of hydrogen-bond donors (Lipinski definition) is 3. The van der Waals surface area contributed by atoms with Gasteiger partial charge in [-0.2, -0.15) is 0 Å². The van der Waals surface area contributed by atoms with Crippen molar-refractivity contribution in [3.8, 4) is 0 Å². The number of piperidine rings is 1. The third kappa shape index (κ3) is 3.92. The van der Waals surface area contributed by atoms with Crippen molar-refractivity contribution in [2.24, 2.45) is 0 Å². The molecule has 1 fully saturated rings. The van der Waals surface area contributed by atoms with Gasteiger partial charge in [-0.3, -0.25) is 14.5 Å². The van der Waals surface area contributed by atoms with Crippen molar-refractivity contribution < 1.29 is 29.0 Å². The number of amides is 4. The SMILES string of the molecule is COC(CNC(=O)NC1CCC(=O)N(C)C1=O)C(=O)O. The fourth-order valence-corrected chi connectivity index (χ4v) is 1.72. The van der Waals surface area contributed by atoms with Gasteiger partial charge >= 0.3 is 12.0 Å². The predicted molar refractivity (Wildman–Crippen MR) is 65.8 cm³/mol. The summed E-state index contributed by atoms with van der Waals surface area (Å²) in [4.78, 5) is 46.2. The van der Waals surface area contributed by atoms with Gasteiger partial charge in [0.2, 0.25) is 5.91 Å². The molecule has 0 radical (unpaired) electrons. The second-order valence-electron chi connectivity index (χ2n) is 4.30. The number of urea groups is 1. The van der Waals surface area contributed by atoms with Crippen LogP contribution in [0.4, 0.5) is 4.79 Å². The number of carboxylic acids is 1. The second kappa shape index (κ2) is 6.85. The van der Waals surface area contributed by atoms with Crippen LogP contribution in [0, 0.1) is 0 Å². The Labute approximate surface area is 115 Å². The summed E-state index contributed by atoms with van der Waals surface area (Å²) in [5.74, 6) is -1.98. The van der Waals surface area contributed by atoms with E-state index in [1.54, 1.807) is 0 Å². The summed E-state index contributed by atoms with van der Waals surface area (Å²) < 4.78 is 4.64. The largest absolute Gasteiger partial charge is 0.479 e. The van der Waals surface area contributed by atoms with Crippen molar-refractivity contribution >= 4 is 23.8 Å². The van der Waals surface area contributed by atoms with E-state index in [0.29, 0.717) is 0 Å². The highest BCUT2D eigenvalue weighted by Gasteiger charge is 2.32. The minimum absolute atomic E-state index is 0.170. The first kappa shape index (κ1) is 15.9. The number of rotatable bonds is 5. The molecule has 0 aromatic carbocycles. The molecule has 4 amide bonds. The van der Waals surface area contributed by atoms with Gasteiger partial charge in [0.1, 0.15) is 6.04 Å². The average Bonchev–Trinajstić information content (AvgIpc) is 2.40. The van der Waals surface area contributed by atoms with Gasteiger partial charge in [-0.25, -0.2) is 9.59 Å². The standard InChI is InChI=1S/C11H17N3O6/c1-14-8(15)4-3-6(9(14)16)13-11(19)12-5-7(20-2)10(17)18/h6-7H,3-5H2,1-2H3,(H,17,18)(H2,12,13,19). The van der Waals surface area contributed by atoms with Crippen LogP contribution >= 0.6 is 0 Å². The van der Waals surface area contributed by atoms with Crippen LogP contribution in [0.3, 0.4) is 0 Å². The Hall–Kier alpha value is -2.16. The van der Waals surface area contributed by atoms with E-state index in [1.165, 1.54) is 14.2 Å². The van der Waals surface area contributed by atoms with Crippen molar-refractivity contribution in [1.82, 2.24) is 15.5 Å². The molecule has 9 nitrogen and oxygen atoms in total. The first-order chi connectivity index (χ1) is 9.36. The predicted octanol–water partition coefficient (Wildman–Crippen LogP) is -1.47. The lowest BCUT2D eigenvalue weighted by Gasteiger charge is -2.28. The molecule has 9 heteroatoms. The Morgan fingerprint density at radius 3 is 2.70 bits per heavy atom. The number of likely N-dealkylation sites (N-methyl/N-ethyl adjacent to an activating group) is 1. The van der Waals surface area contributed by atoms with Gasteiger partial charge in [-0.15, -0.1) is 0 Å². The lowest BCUT2D eigenvalue weighted by atomic mass is 10.1. The number of hydrogen-bond acceptors (Lipinski definition) is 5. The molecular formula is C11H17N3O6. The van der Waals surface area contributed by atoms with E-state index >= 15 is 0 Å². The number of carbonyl (C=O) groups excluding carboxylic acids is 3. The lowest BCUT2D eigenvalue weighted by Crippen LogP contribution is -2.55. The maximum Gasteiger partial charge on any atom is 0.334 e. The van der Waals surface area contributed by atoms with Crippen LogP contribution in [-0.2, 0) is 19.1 Å². The van der Waals surface area contributed by atoms with E-state index in [0.717, 1.165) is 4.90 Å². The Balaban J connectivity index is 2.44. The fraction of sp³-hybridized carbons (Fsp3) is 0.636. The zero-order chi connectivity index (χ0) is 15.3. The number of carboxylic acid groups (broad SMARTS) is 1. The highest BCUT2D eigenvalue weighted by molar-refractivity contribution is 6.01. The molecule has 0 saturated carbocycles. The fourth-order valence-electron chi connectivity index (χ4n) is 1.72. The van der Waals surface area contributed by atoms with Gasteiger partial charge in [-0.05, 0) is 6.42 Å². The summed E-state index contributed by atoms with van der Waals surface area (Å²) >= 11 is 0. The minimum atomic E-state index is -1.20. The third-order valence-electron chi connectivity index (χ3n) is 2.96. The monoisotopic (exact) mass is 287 g/mol. The molecule has 2 unspecified atom stereocenters. The highest BCUT2D eigenvalue weighted by Crippen LogP contribution is 2.11. The molecule has 0 aromatic rings. The molecule has 3 N–H and O–H groups in total. The van der Waals surface area contributed by atoms with Gasteiger partial charge in [0.15, 0.2) is 6.10 Å². The van der Waals surface area contributed by atoms with Crippen LogP contribution in [0.1, 0.15) is 12.8 Å². The van der Waals surface area contributed by atoms with Crippen LogP contribution in [-0.4, -0.2) is 66.7 Å². The Morgan fingerprint density at radius 2 is 2.15 bits per heavy atom. The molecule has 0 aromatic heterocycles. The summed E-state index contributed by atoms with van der Waals surface area (Å²) in [6.45, 7) is -0.229. The van der Waals surface area contributed by atoms with Gasteiger partial charge in [0, 0.05) is 20.6 Å². The molecule has 1 aliphatic rings. The number of carbonyl (C=O) groups is 4. The quantitative estimate of drug-likeness (QED) is 0.530. The molecule has 2 atom stereocenters. The highest BCUT2D eigenvalue weighted by atomic mass is 16.5. The number of methoxy groups -OCH3 is 1. The minimum Gasteiger partial charge on any atom is -0.479 e. The summed E-state index contributed by atoms with van der Waals surface area (Å²) in [5, 5.41) is 13.4. The number of imide groups is 1. The third-order valence-corrected chi connectivity index (χ3v) is 2.96. The van der Waals surface area contributed by atoms with Gasteiger partial charge in [0.05, 0.1) is 6.54 Å². The van der Waals surface area contributed by atoms with E-state index in [-0.39, 0.29) is 25.3 Å². The molecule has 1 heterocycles. The lowest BCUT2D eigenvalue weighted by molar-refractivity contribution is -0.149. The Morgan fingerprint density at radius 1 is 1.50 bits per heavy atom. The zero-order valence-electron chi connectivity index (χ0n) is 11.2. The topological polar surface area (TPSA) is 125 Å². The zero-order valence-corrected chi connectivity index (χ0v) is 11.2. The van der Waals surface area contributed by atoms with Crippen molar-refractivity contribution in [3.63, 3.8) is 0 Å². The van der Waals surface area contributed by atoms with Crippen molar-refractivity contribution in [3.05, 3.63) is 0 Å². The van der Waals surface area contributed by atoms with E-state index < -0.39 is 30.1 Å². The van der Waals surface area contributed by atoms with Gasteiger partial charge in [0.25, 0.3) is 5.91 Å². The van der Waals surface area contributed by atoms with E-state index in [1.807, 2.05) is 0 Å². The maximum absolute atomic E-state index is 11.7. The van der Waals surface area contributed by atoms with Crippen LogP contribution in [0.5, 0.6) is 0 Å². The summed E-state index contributed by atoms with van der Waals surface area (Å²) in [5.41, 5.74) is 0. The molecule has 20 heavy (non-hydrogen) atoms. The summed E-state index contributed by atoms with van der Waals surface area (Å²) in [6, 6.07) is -1.47. The van der Waals surface area contributed by atoms with E-state index in [2.05, 4.69) is 15.4 Å². The van der Waals surface area contributed by atoms with Crippen LogP contribution in [0.25, 0.3) is 0 Å². The van der Waals surface area contributed by atoms with Crippen molar-refractivity contribution in [2.45, 2.75) is 25.0 Å². The van der Waals surface area contributed by atoms with Gasteiger partial charge in [-0.1, -0.05) is 0 Å². The second-order valence-corrected chi connectivity index (χ2v) is 4.30. The molecule has 0 aliphatic carbocycles. The molecule has 112 valence electrons. The van der Waals surface area contributed by atoms with E-state index in [4.69, 9.17) is 5.11 Å². The molecular weight excluding hydrogens is 270 g/mol. The number of likely N-dealkylation sites (tertiary alicyclic amines) is 1. The van der Waals surface area contributed by atoms with Crippen LogP contribution in [0.2, 0.25) is 0 Å². The number of nitrogens with zero attached hydrogens (tertiary/aromatic N) is 1. The molecule has 1 saturated heterocycles. The number of nitrogens with one attached hydrogen (secondary N) is 2. The van der Waals surface area contributed by atoms with Gasteiger partial charge < -0.3 is 20.5 Å². The average molecular weight is 287 g/mol. The molecule has 0 spiro atoms. The number of aliphatic carboxylic acids is 1. The molecule has 1 rings (SSSR count). The smallest absolute Gasteiger partial charge is 0.334 e. The normalized spacial score (nSPS) is 20.5.